The van der Waals surface area contributed by atoms with Crippen molar-refractivity contribution < 1.29 is 19.1 Å². The molecule has 0 bridgehead atoms. The lowest BCUT2D eigenvalue weighted by Crippen LogP contribution is -2.51. The fourth-order valence-corrected chi connectivity index (χ4v) is 1.64. The van der Waals surface area contributed by atoms with E-state index in [0.29, 0.717) is 26.3 Å². The molecule has 0 aliphatic carbocycles. The normalized spacial score (nSPS) is 17.7. The minimum absolute atomic E-state index is 0.000927. The molecule has 1 heterocycles. The Morgan fingerprint density at radius 2 is 1.89 bits per heavy atom. The van der Waals surface area contributed by atoms with Gasteiger partial charge in [-0.1, -0.05) is 0 Å². The Bertz CT molecular complexity index is 288. The molecule has 1 atom stereocenters. The Morgan fingerprint density at radius 1 is 1.28 bits per heavy atom. The molecule has 2 amide bonds. The van der Waals surface area contributed by atoms with Crippen LogP contribution in [0, 0.1) is 0 Å². The second-order valence-electron chi connectivity index (χ2n) is 4.59. The summed E-state index contributed by atoms with van der Waals surface area (Å²) in [5.41, 5.74) is 0. The van der Waals surface area contributed by atoms with Crippen LogP contribution >= 0.6 is 0 Å². The molecule has 104 valence electrons. The van der Waals surface area contributed by atoms with Crippen LogP contribution in [-0.4, -0.2) is 61.8 Å². The van der Waals surface area contributed by atoms with Crippen molar-refractivity contribution in [2.45, 2.75) is 32.9 Å². The summed E-state index contributed by atoms with van der Waals surface area (Å²) in [5.74, 6) is -0.339. The van der Waals surface area contributed by atoms with Crippen LogP contribution in [0.5, 0.6) is 0 Å². The summed E-state index contributed by atoms with van der Waals surface area (Å²) in [4.78, 5) is 25.2. The third-order valence-corrected chi connectivity index (χ3v) is 2.62. The van der Waals surface area contributed by atoms with E-state index in [1.54, 1.807) is 11.8 Å². The lowest BCUT2D eigenvalue weighted by Gasteiger charge is -2.29. The van der Waals surface area contributed by atoms with E-state index < -0.39 is 6.04 Å². The minimum Gasteiger partial charge on any atom is -0.378 e. The number of nitrogens with zero attached hydrogens (tertiary/aromatic N) is 1. The van der Waals surface area contributed by atoms with Crippen molar-refractivity contribution in [1.29, 1.82) is 0 Å². The molecule has 0 saturated carbocycles. The molecule has 1 aliphatic heterocycles. The summed E-state index contributed by atoms with van der Waals surface area (Å²) in [5, 5.41) is 2.64. The first kappa shape index (κ1) is 14.9. The van der Waals surface area contributed by atoms with Crippen molar-refractivity contribution in [3.8, 4) is 0 Å². The van der Waals surface area contributed by atoms with E-state index in [2.05, 4.69) is 5.32 Å². The highest BCUT2D eigenvalue weighted by atomic mass is 16.5. The molecule has 0 spiro atoms. The summed E-state index contributed by atoms with van der Waals surface area (Å²) in [7, 11) is 0. The number of morpholine rings is 1. The van der Waals surface area contributed by atoms with Crippen molar-refractivity contribution in [1.82, 2.24) is 10.2 Å². The predicted octanol–water partition coefficient (Wildman–Crippen LogP) is -0.225. The van der Waals surface area contributed by atoms with Gasteiger partial charge in [0, 0.05) is 13.1 Å². The highest BCUT2D eigenvalue weighted by Crippen LogP contribution is 2.00. The maximum absolute atomic E-state index is 12.0. The Balaban J connectivity index is 2.32. The number of carbonyl (C=O) groups is 2. The van der Waals surface area contributed by atoms with Crippen LogP contribution in [0.4, 0.5) is 0 Å². The summed E-state index contributed by atoms with van der Waals surface area (Å²) >= 11 is 0. The van der Waals surface area contributed by atoms with E-state index in [-0.39, 0.29) is 24.5 Å². The Hall–Kier alpha value is -1.14. The zero-order chi connectivity index (χ0) is 13.5. The molecule has 1 saturated heterocycles. The molecule has 1 rings (SSSR count). The molecule has 18 heavy (non-hydrogen) atoms. The molecule has 1 unspecified atom stereocenters. The molecule has 0 radical (unpaired) electrons. The van der Waals surface area contributed by atoms with Crippen molar-refractivity contribution in [3.05, 3.63) is 0 Å². The average Bonchev–Trinajstić information content (AvgIpc) is 2.36. The van der Waals surface area contributed by atoms with Gasteiger partial charge in [0.15, 0.2) is 0 Å². The third-order valence-electron chi connectivity index (χ3n) is 2.62. The smallest absolute Gasteiger partial charge is 0.246 e. The maximum atomic E-state index is 12.0. The number of nitrogens with one attached hydrogen (secondary N) is 1. The topological polar surface area (TPSA) is 67.9 Å². The fourth-order valence-electron chi connectivity index (χ4n) is 1.64. The van der Waals surface area contributed by atoms with Gasteiger partial charge in [-0.15, -0.1) is 0 Å². The van der Waals surface area contributed by atoms with E-state index in [1.807, 2.05) is 13.8 Å². The standard InChI is InChI=1S/C12H22N2O4/c1-9(2)18-8-11(15)13-10(3)12(16)14-4-6-17-7-5-14/h9-10H,4-8H2,1-3H3,(H,13,15). The van der Waals surface area contributed by atoms with Gasteiger partial charge in [-0.05, 0) is 20.8 Å². The van der Waals surface area contributed by atoms with Crippen LogP contribution in [0.15, 0.2) is 0 Å². The quantitative estimate of drug-likeness (QED) is 0.740. The molecule has 6 nitrogen and oxygen atoms in total. The van der Waals surface area contributed by atoms with Crippen LogP contribution in [0.25, 0.3) is 0 Å². The highest BCUT2D eigenvalue weighted by molar-refractivity contribution is 5.87. The molecular weight excluding hydrogens is 236 g/mol. The van der Waals surface area contributed by atoms with E-state index in [9.17, 15) is 9.59 Å². The Kier molecular flexibility index (Phi) is 6.07. The maximum Gasteiger partial charge on any atom is 0.246 e. The van der Waals surface area contributed by atoms with Crippen LogP contribution in [0.2, 0.25) is 0 Å². The van der Waals surface area contributed by atoms with Crippen molar-refractivity contribution in [2.75, 3.05) is 32.9 Å². The van der Waals surface area contributed by atoms with E-state index in [1.165, 1.54) is 0 Å². The van der Waals surface area contributed by atoms with Gasteiger partial charge >= 0.3 is 0 Å². The molecule has 0 aromatic heterocycles. The predicted molar refractivity (Wildman–Crippen MR) is 66.1 cm³/mol. The Labute approximate surface area is 108 Å². The molecule has 1 N–H and O–H groups in total. The van der Waals surface area contributed by atoms with Crippen molar-refractivity contribution in [3.63, 3.8) is 0 Å². The van der Waals surface area contributed by atoms with Crippen LogP contribution in [-0.2, 0) is 19.1 Å². The second kappa shape index (κ2) is 7.33. The van der Waals surface area contributed by atoms with Crippen LogP contribution in [0.3, 0.4) is 0 Å². The summed E-state index contributed by atoms with van der Waals surface area (Å²) in [6.07, 6.45) is 0.000927. The lowest BCUT2D eigenvalue weighted by atomic mass is 10.2. The number of amides is 2. The molecule has 1 fully saturated rings. The van der Waals surface area contributed by atoms with Crippen LogP contribution in [0.1, 0.15) is 20.8 Å². The second-order valence-corrected chi connectivity index (χ2v) is 4.59. The number of carbonyl (C=O) groups excluding carboxylic acids is 2. The number of rotatable bonds is 5. The van der Waals surface area contributed by atoms with E-state index in [0.717, 1.165) is 0 Å². The van der Waals surface area contributed by atoms with Gasteiger partial charge in [0.2, 0.25) is 11.8 Å². The molecular formula is C12H22N2O4. The monoisotopic (exact) mass is 258 g/mol. The number of hydrogen-bond acceptors (Lipinski definition) is 4. The van der Waals surface area contributed by atoms with Gasteiger partial charge in [0.25, 0.3) is 0 Å². The first-order valence-corrected chi connectivity index (χ1v) is 6.28. The van der Waals surface area contributed by atoms with Crippen LogP contribution < -0.4 is 5.32 Å². The third kappa shape index (κ3) is 5.01. The summed E-state index contributed by atoms with van der Waals surface area (Å²) in [6.45, 7) is 7.67. The summed E-state index contributed by atoms with van der Waals surface area (Å²) < 4.78 is 10.3. The number of ether oxygens (including phenoxy) is 2. The Morgan fingerprint density at radius 3 is 2.44 bits per heavy atom. The van der Waals surface area contributed by atoms with Crippen molar-refractivity contribution in [2.24, 2.45) is 0 Å². The molecule has 6 heteroatoms. The van der Waals surface area contributed by atoms with Gasteiger partial charge in [0.1, 0.15) is 12.6 Å². The molecule has 1 aliphatic rings. The zero-order valence-electron chi connectivity index (χ0n) is 11.3. The average molecular weight is 258 g/mol. The highest BCUT2D eigenvalue weighted by Gasteiger charge is 2.23. The van der Waals surface area contributed by atoms with Gasteiger partial charge in [0.05, 0.1) is 19.3 Å². The summed E-state index contributed by atoms with van der Waals surface area (Å²) in [6, 6.07) is -0.522. The molecule has 0 aromatic rings. The van der Waals surface area contributed by atoms with E-state index >= 15 is 0 Å². The van der Waals surface area contributed by atoms with Gasteiger partial charge in [-0.2, -0.15) is 0 Å². The zero-order valence-corrected chi connectivity index (χ0v) is 11.3. The first-order chi connectivity index (χ1) is 8.50. The van der Waals surface area contributed by atoms with Crippen molar-refractivity contribution >= 4 is 11.8 Å². The van der Waals surface area contributed by atoms with E-state index in [4.69, 9.17) is 9.47 Å². The largest absolute Gasteiger partial charge is 0.378 e. The van der Waals surface area contributed by atoms with Gasteiger partial charge in [-0.3, -0.25) is 9.59 Å². The van der Waals surface area contributed by atoms with Gasteiger partial charge in [-0.25, -0.2) is 0 Å². The first-order valence-electron chi connectivity index (χ1n) is 6.28. The fraction of sp³-hybridized carbons (Fsp3) is 0.833. The number of hydrogen-bond donors (Lipinski definition) is 1. The lowest BCUT2D eigenvalue weighted by molar-refractivity contribution is -0.140. The van der Waals surface area contributed by atoms with Gasteiger partial charge < -0.3 is 19.7 Å². The minimum atomic E-state index is -0.522. The SMILES string of the molecule is CC(C)OCC(=O)NC(C)C(=O)N1CCOCC1. The molecule has 0 aromatic carbocycles.